The van der Waals surface area contributed by atoms with Gasteiger partial charge in [0.2, 0.25) is 5.13 Å². The molecule has 0 radical (unpaired) electrons. The third-order valence-corrected chi connectivity index (χ3v) is 5.40. The van der Waals surface area contributed by atoms with Crippen LogP contribution in [0.5, 0.6) is 0 Å². The molecule has 2 aromatic heterocycles. The first-order valence-corrected chi connectivity index (χ1v) is 9.20. The Morgan fingerprint density at radius 2 is 2.12 bits per heavy atom. The zero-order valence-corrected chi connectivity index (χ0v) is 14.9. The maximum absolute atomic E-state index is 13.2. The van der Waals surface area contributed by atoms with Crippen LogP contribution in [0.1, 0.15) is 29.7 Å². The molecule has 0 N–H and O–H groups in total. The molecule has 1 atom stereocenters. The van der Waals surface area contributed by atoms with Crippen molar-refractivity contribution < 1.29 is 8.78 Å². The van der Waals surface area contributed by atoms with E-state index in [1.165, 1.54) is 11.3 Å². The highest BCUT2D eigenvalue weighted by molar-refractivity contribution is 7.15. The van der Waals surface area contributed by atoms with Gasteiger partial charge in [0.1, 0.15) is 10.8 Å². The van der Waals surface area contributed by atoms with Crippen molar-refractivity contribution in [2.24, 2.45) is 0 Å². The maximum Gasteiger partial charge on any atom is 0.261 e. The SMILES string of the molecule is Cc1nnc(N2CCCC2c2nc3ccccc3c(=O)n2CC(F)F)s1. The number of aromatic nitrogens is 4. The largest absolute Gasteiger partial charge is 0.336 e. The average Bonchev–Trinajstić information content (AvgIpc) is 3.25. The van der Waals surface area contributed by atoms with Crippen LogP contribution in [0.25, 0.3) is 10.9 Å². The van der Waals surface area contributed by atoms with Crippen LogP contribution in [0, 0.1) is 6.92 Å². The first-order chi connectivity index (χ1) is 12.5. The predicted octanol–water partition coefficient (Wildman–Crippen LogP) is 3.16. The van der Waals surface area contributed by atoms with Gasteiger partial charge in [-0.25, -0.2) is 13.8 Å². The van der Waals surface area contributed by atoms with Crippen molar-refractivity contribution in [1.29, 1.82) is 0 Å². The fraction of sp³-hybridized carbons (Fsp3) is 0.412. The van der Waals surface area contributed by atoms with Crippen LogP contribution in [0.2, 0.25) is 0 Å². The van der Waals surface area contributed by atoms with Gasteiger partial charge in [-0.05, 0) is 31.9 Å². The molecule has 0 amide bonds. The molecule has 4 rings (SSSR count). The molecule has 0 bridgehead atoms. The van der Waals surface area contributed by atoms with Crippen LogP contribution in [0.3, 0.4) is 0 Å². The van der Waals surface area contributed by atoms with Crippen molar-refractivity contribution in [3.63, 3.8) is 0 Å². The Morgan fingerprint density at radius 3 is 2.85 bits per heavy atom. The minimum absolute atomic E-state index is 0.265. The second kappa shape index (κ2) is 6.71. The highest BCUT2D eigenvalue weighted by Gasteiger charge is 2.33. The van der Waals surface area contributed by atoms with Crippen LogP contribution in [0.15, 0.2) is 29.1 Å². The molecule has 0 saturated carbocycles. The number of anilines is 1. The first kappa shape index (κ1) is 17.0. The molecule has 1 fully saturated rings. The summed E-state index contributed by atoms with van der Waals surface area (Å²) in [5.41, 5.74) is 0.101. The fourth-order valence-electron chi connectivity index (χ4n) is 3.42. The van der Waals surface area contributed by atoms with E-state index in [0.29, 0.717) is 16.7 Å². The number of para-hydroxylation sites is 1. The van der Waals surface area contributed by atoms with Crippen LogP contribution in [0.4, 0.5) is 13.9 Å². The third-order valence-electron chi connectivity index (χ3n) is 4.52. The Hall–Kier alpha value is -2.42. The van der Waals surface area contributed by atoms with E-state index in [1.54, 1.807) is 24.3 Å². The van der Waals surface area contributed by atoms with Crippen LogP contribution in [-0.4, -0.2) is 32.7 Å². The lowest BCUT2D eigenvalue weighted by Gasteiger charge is -2.25. The van der Waals surface area contributed by atoms with Crippen molar-refractivity contribution >= 4 is 27.4 Å². The summed E-state index contributed by atoms with van der Waals surface area (Å²) in [6, 6.07) is 6.59. The summed E-state index contributed by atoms with van der Waals surface area (Å²) >= 11 is 1.45. The standard InChI is InChI=1S/C17H17F2N5OS/c1-10-21-22-17(26-10)23-8-4-7-13(23)15-20-12-6-3-2-5-11(12)16(25)24(15)9-14(18)19/h2-3,5-6,13-14H,4,7-9H2,1H3. The smallest absolute Gasteiger partial charge is 0.261 e. The number of aryl methyl sites for hydroxylation is 1. The molecule has 1 saturated heterocycles. The van der Waals surface area contributed by atoms with Gasteiger partial charge in [0, 0.05) is 6.54 Å². The third kappa shape index (κ3) is 2.96. The van der Waals surface area contributed by atoms with Crippen molar-refractivity contribution in [2.75, 3.05) is 11.4 Å². The summed E-state index contributed by atoms with van der Waals surface area (Å²) in [5.74, 6) is 0.374. The molecule has 1 aliphatic heterocycles. The number of halogens is 2. The lowest BCUT2D eigenvalue weighted by atomic mass is 10.1. The molecule has 1 aromatic carbocycles. The lowest BCUT2D eigenvalue weighted by Crippen LogP contribution is -2.33. The summed E-state index contributed by atoms with van der Waals surface area (Å²) in [4.78, 5) is 19.4. The summed E-state index contributed by atoms with van der Waals surface area (Å²) in [5, 5.41) is 10.1. The minimum atomic E-state index is -2.63. The Balaban J connectivity index is 1.87. The monoisotopic (exact) mass is 377 g/mol. The number of fused-ring (bicyclic) bond motifs is 1. The van der Waals surface area contributed by atoms with Crippen LogP contribution < -0.4 is 10.5 Å². The summed E-state index contributed by atoms with van der Waals surface area (Å²) in [6.07, 6.45) is -1.03. The van der Waals surface area contributed by atoms with E-state index in [2.05, 4.69) is 15.2 Å². The molecule has 3 heterocycles. The van der Waals surface area contributed by atoms with Gasteiger partial charge in [-0.15, -0.1) is 10.2 Å². The van der Waals surface area contributed by atoms with Gasteiger partial charge in [-0.2, -0.15) is 0 Å². The zero-order valence-electron chi connectivity index (χ0n) is 14.1. The highest BCUT2D eigenvalue weighted by atomic mass is 32.1. The molecule has 9 heteroatoms. The predicted molar refractivity (Wildman–Crippen MR) is 96.0 cm³/mol. The number of hydrogen-bond donors (Lipinski definition) is 0. The van der Waals surface area contributed by atoms with E-state index in [0.717, 1.165) is 34.1 Å². The fourth-order valence-corrected chi connectivity index (χ4v) is 4.18. The van der Waals surface area contributed by atoms with E-state index >= 15 is 0 Å². The second-order valence-corrected chi connectivity index (χ2v) is 7.41. The molecule has 1 aliphatic rings. The number of nitrogens with zero attached hydrogens (tertiary/aromatic N) is 5. The summed E-state index contributed by atoms with van der Waals surface area (Å²) < 4.78 is 27.5. The number of hydrogen-bond acceptors (Lipinski definition) is 6. The first-order valence-electron chi connectivity index (χ1n) is 8.39. The van der Waals surface area contributed by atoms with Gasteiger partial charge in [-0.1, -0.05) is 23.5 Å². The zero-order chi connectivity index (χ0) is 18.3. The minimum Gasteiger partial charge on any atom is -0.336 e. The van der Waals surface area contributed by atoms with Gasteiger partial charge in [-0.3, -0.25) is 9.36 Å². The normalized spacial score (nSPS) is 17.5. The van der Waals surface area contributed by atoms with Gasteiger partial charge in [0.15, 0.2) is 0 Å². The highest BCUT2D eigenvalue weighted by Crippen LogP contribution is 2.36. The number of benzene rings is 1. The van der Waals surface area contributed by atoms with E-state index in [9.17, 15) is 13.6 Å². The van der Waals surface area contributed by atoms with Crippen molar-refractivity contribution in [3.05, 3.63) is 45.5 Å². The number of rotatable bonds is 4. The summed E-state index contributed by atoms with van der Waals surface area (Å²) in [6.45, 7) is 1.94. The molecular weight excluding hydrogens is 360 g/mol. The molecule has 6 nitrogen and oxygen atoms in total. The van der Waals surface area contributed by atoms with E-state index in [1.807, 2.05) is 11.8 Å². The maximum atomic E-state index is 13.2. The van der Waals surface area contributed by atoms with Gasteiger partial charge < -0.3 is 4.90 Å². The molecule has 0 aliphatic carbocycles. The number of alkyl halides is 2. The molecule has 0 spiro atoms. The van der Waals surface area contributed by atoms with Gasteiger partial charge in [0.05, 0.1) is 23.5 Å². The van der Waals surface area contributed by atoms with E-state index < -0.39 is 18.5 Å². The summed E-state index contributed by atoms with van der Waals surface area (Å²) in [7, 11) is 0. The van der Waals surface area contributed by atoms with Crippen molar-refractivity contribution in [3.8, 4) is 0 Å². The Morgan fingerprint density at radius 1 is 1.31 bits per heavy atom. The second-order valence-electron chi connectivity index (χ2n) is 6.25. The van der Waals surface area contributed by atoms with E-state index in [4.69, 9.17) is 0 Å². The Bertz CT molecular complexity index is 1000. The topological polar surface area (TPSA) is 63.9 Å². The van der Waals surface area contributed by atoms with Gasteiger partial charge in [0.25, 0.3) is 12.0 Å². The average molecular weight is 377 g/mol. The van der Waals surface area contributed by atoms with Crippen molar-refractivity contribution in [2.45, 2.75) is 38.8 Å². The lowest BCUT2D eigenvalue weighted by molar-refractivity contribution is 0.123. The Kier molecular flexibility index (Phi) is 4.39. The van der Waals surface area contributed by atoms with Crippen LogP contribution >= 0.6 is 11.3 Å². The molecule has 1 unspecified atom stereocenters. The molecule has 26 heavy (non-hydrogen) atoms. The van der Waals surface area contributed by atoms with Crippen LogP contribution in [-0.2, 0) is 6.54 Å². The van der Waals surface area contributed by atoms with E-state index in [-0.39, 0.29) is 6.04 Å². The molecular formula is C17H17F2N5OS. The van der Waals surface area contributed by atoms with Gasteiger partial charge >= 0.3 is 0 Å². The quantitative estimate of drug-likeness (QED) is 0.699. The molecule has 136 valence electrons. The molecule has 3 aromatic rings. The van der Waals surface area contributed by atoms with Crippen molar-refractivity contribution in [1.82, 2.24) is 19.7 Å². The Labute approximate surface area is 152 Å².